The van der Waals surface area contributed by atoms with Crippen LogP contribution in [-0.2, 0) is 10.0 Å². The standard InChI is InChI=1S/C9H11NO4S.Na/c1-2-15(13,14)10-8-5-3-7(4-6-8)9(11)12;/h3-6,10H,2H2,1H3,(H,11,12);/q;+1/p-1. The van der Waals surface area contributed by atoms with Gasteiger partial charge in [0, 0.05) is 5.69 Å². The number of hydrogen-bond acceptors (Lipinski definition) is 4. The van der Waals surface area contributed by atoms with Crippen LogP contribution < -0.4 is 39.4 Å². The first-order chi connectivity index (χ1) is 6.94. The molecule has 0 fully saturated rings. The van der Waals surface area contributed by atoms with Gasteiger partial charge in [-0.15, -0.1) is 0 Å². The van der Waals surface area contributed by atoms with Gasteiger partial charge >= 0.3 is 29.6 Å². The minimum absolute atomic E-state index is 0. The quantitative estimate of drug-likeness (QED) is 0.571. The van der Waals surface area contributed by atoms with Crippen molar-refractivity contribution in [2.45, 2.75) is 6.92 Å². The molecule has 1 rings (SSSR count). The molecule has 0 aromatic heterocycles. The average Bonchev–Trinajstić information content (AvgIpc) is 2.18. The van der Waals surface area contributed by atoms with Crippen LogP contribution in [-0.4, -0.2) is 20.1 Å². The Bertz CT molecular complexity index is 455. The summed E-state index contributed by atoms with van der Waals surface area (Å²) in [6.45, 7) is 1.51. The molecule has 0 saturated heterocycles. The normalized spacial score (nSPS) is 10.3. The number of benzene rings is 1. The molecule has 0 unspecified atom stereocenters. The first kappa shape index (κ1) is 15.4. The molecule has 0 radical (unpaired) electrons. The van der Waals surface area contributed by atoms with Crippen LogP contribution in [0.15, 0.2) is 24.3 Å². The van der Waals surface area contributed by atoms with Crippen LogP contribution in [0.3, 0.4) is 0 Å². The number of carboxylic acids is 1. The second-order valence-electron chi connectivity index (χ2n) is 2.87. The van der Waals surface area contributed by atoms with E-state index in [0.29, 0.717) is 5.69 Å². The Morgan fingerprint density at radius 3 is 2.19 bits per heavy atom. The fraction of sp³-hybridized carbons (Fsp3) is 0.222. The maximum Gasteiger partial charge on any atom is 1.00 e. The number of aromatic carboxylic acids is 1. The first-order valence-electron chi connectivity index (χ1n) is 4.26. The van der Waals surface area contributed by atoms with Crippen molar-refractivity contribution < 1.29 is 47.9 Å². The number of nitrogens with one attached hydrogen (secondary N) is 1. The molecule has 0 amide bonds. The smallest absolute Gasteiger partial charge is 0.545 e. The molecular weight excluding hydrogens is 241 g/mol. The molecule has 5 nitrogen and oxygen atoms in total. The van der Waals surface area contributed by atoms with E-state index in [4.69, 9.17) is 0 Å². The molecule has 0 aliphatic rings. The summed E-state index contributed by atoms with van der Waals surface area (Å²) in [7, 11) is -3.32. The van der Waals surface area contributed by atoms with Crippen LogP contribution in [0.25, 0.3) is 0 Å². The number of rotatable bonds is 4. The monoisotopic (exact) mass is 251 g/mol. The first-order valence-corrected chi connectivity index (χ1v) is 5.92. The van der Waals surface area contributed by atoms with Gasteiger partial charge < -0.3 is 9.90 Å². The number of carbonyl (C=O) groups excluding carboxylic acids is 1. The molecular formula is C9H10NNaO4S. The van der Waals surface area contributed by atoms with Crippen LogP contribution in [0.5, 0.6) is 0 Å². The zero-order valence-corrected chi connectivity index (χ0v) is 11.9. The summed E-state index contributed by atoms with van der Waals surface area (Å²) in [4.78, 5) is 10.4. The minimum atomic E-state index is -3.32. The van der Waals surface area contributed by atoms with E-state index in [2.05, 4.69) is 4.72 Å². The average molecular weight is 251 g/mol. The maximum atomic E-state index is 11.1. The van der Waals surface area contributed by atoms with Gasteiger partial charge in [0.25, 0.3) is 0 Å². The van der Waals surface area contributed by atoms with E-state index >= 15 is 0 Å². The van der Waals surface area contributed by atoms with Gasteiger partial charge in [0.1, 0.15) is 0 Å². The van der Waals surface area contributed by atoms with Crippen molar-refractivity contribution in [3.8, 4) is 0 Å². The van der Waals surface area contributed by atoms with E-state index in [1.807, 2.05) is 0 Å². The van der Waals surface area contributed by atoms with E-state index in [1.165, 1.54) is 31.2 Å². The van der Waals surface area contributed by atoms with Crippen molar-refractivity contribution in [1.82, 2.24) is 0 Å². The number of carboxylic acid groups (broad SMARTS) is 1. The van der Waals surface area contributed by atoms with Crippen LogP contribution >= 0.6 is 0 Å². The van der Waals surface area contributed by atoms with Gasteiger partial charge in [-0.3, -0.25) is 4.72 Å². The second kappa shape index (κ2) is 6.24. The van der Waals surface area contributed by atoms with E-state index in [1.54, 1.807) is 0 Å². The molecule has 0 spiro atoms. The topological polar surface area (TPSA) is 86.3 Å². The predicted molar refractivity (Wildman–Crippen MR) is 53.9 cm³/mol. The van der Waals surface area contributed by atoms with Crippen molar-refractivity contribution in [2.75, 3.05) is 10.5 Å². The summed E-state index contributed by atoms with van der Waals surface area (Å²) in [5.41, 5.74) is 0.344. The third kappa shape index (κ3) is 4.52. The van der Waals surface area contributed by atoms with Gasteiger partial charge in [-0.05, 0) is 24.6 Å². The second-order valence-corrected chi connectivity index (χ2v) is 4.88. The van der Waals surface area contributed by atoms with Gasteiger partial charge in [-0.1, -0.05) is 12.1 Å². The van der Waals surface area contributed by atoms with Crippen molar-refractivity contribution in [1.29, 1.82) is 0 Å². The number of sulfonamides is 1. The summed E-state index contributed by atoms with van der Waals surface area (Å²) in [6.07, 6.45) is 0. The SMILES string of the molecule is CCS(=O)(=O)Nc1ccc(C(=O)[O-])cc1.[Na+]. The van der Waals surface area contributed by atoms with Crippen molar-refractivity contribution in [2.24, 2.45) is 0 Å². The molecule has 0 aliphatic carbocycles. The van der Waals surface area contributed by atoms with Crippen molar-refractivity contribution >= 4 is 21.7 Å². The summed E-state index contributed by atoms with van der Waals surface area (Å²) in [6, 6.07) is 5.31. The Morgan fingerprint density at radius 1 is 1.31 bits per heavy atom. The van der Waals surface area contributed by atoms with Gasteiger partial charge in [0.15, 0.2) is 0 Å². The zero-order chi connectivity index (χ0) is 11.5. The summed E-state index contributed by atoms with van der Waals surface area (Å²) >= 11 is 0. The fourth-order valence-corrected chi connectivity index (χ4v) is 1.57. The molecule has 16 heavy (non-hydrogen) atoms. The Balaban J connectivity index is 0.00000225. The van der Waals surface area contributed by atoms with Crippen LogP contribution in [0.2, 0.25) is 0 Å². The Hall–Kier alpha value is -0.560. The molecule has 0 bridgehead atoms. The molecule has 1 aromatic carbocycles. The van der Waals surface area contributed by atoms with E-state index < -0.39 is 16.0 Å². The fourth-order valence-electron chi connectivity index (χ4n) is 0.926. The molecule has 0 heterocycles. The van der Waals surface area contributed by atoms with E-state index in [9.17, 15) is 18.3 Å². The summed E-state index contributed by atoms with van der Waals surface area (Å²) in [5, 5.41) is 10.4. The van der Waals surface area contributed by atoms with Crippen molar-refractivity contribution in [3.63, 3.8) is 0 Å². The van der Waals surface area contributed by atoms with E-state index in [-0.39, 0.29) is 40.9 Å². The van der Waals surface area contributed by atoms with Crippen LogP contribution in [0.1, 0.15) is 17.3 Å². The number of anilines is 1. The molecule has 82 valence electrons. The summed E-state index contributed by atoms with van der Waals surface area (Å²) in [5.74, 6) is -1.32. The molecule has 1 N–H and O–H groups in total. The zero-order valence-electron chi connectivity index (χ0n) is 9.06. The summed E-state index contributed by atoms with van der Waals surface area (Å²) < 4.78 is 24.6. The Labute approximate surface area is 116 Å². The molecule has 7 heteroatoms. The third-order valence-electron chi connectivity index (χ3n) is 1.77. The number of carbonyl (C=O) groups is 1. The largest absolute Gasteiger partial charge is 1.00 e. The van der Waals surface area contributed by atoms with Crippen LogP contribution in [0, 0.1) is 0 Å². The predicted octanol–water partition coefficient (Wildman–Crippen LogP) is -3.18. The number of hydrogen-bond donors (Lipinski definition) is 1. The minimum Gasteiger partial charge on any atom is -0.545 e. The molecule has 0 aliphatic heterocycles. The van der Waals surface area contributed by atoms with Crippen LogP contribution in [0.4, 0.5) is 5.69 Å². The van der Waals surface area contributed by atoms with Gasteiger partial charge in [0.05, 0.1) is 11.7 Å². The Kier molecular flexibility index (Phi) is 6.02. The van der Waals surface area contributed by atoms with E-state index in [0.717, 1.165) is 0 Å². The van der Waals surface area contributed by atoms with Crippen molar-refractivity contribution in [3.05, 3.63) is 29.8 Å². The van der Waals surface area contributed by atoms with Gasteiger partial charge in [0.2, 0.25) is 10.0 Å². The molecule has 1 aromatic rings. The molecule has 0 saturated carbocycles. The Morgan fingerprint density at radius 2 is 1.81 bits per heavy atom. The molecule has 0 atom stereocenters. The third-order valence-corrected chi connectivity index (χ3v) is 3.08. The maximum absolute atomic E-state index is 11.1. The van der Waals surface area contributed by atoms with Gasteiger partial charge in [-0.2, -0.15) is 0 Å². The van der Waals surface area contributed by atoms with Gasteiger partial charge in [-0.25, -0.2) is 8.42 Å².